The number of ether oxygens (including phenoxy) is 1. The maximum atomic E-state index is 11.9. The normalized spacial score (nSPS) is 29.2. The second-order valence-electron chi connectivity index (χ2n) is 6.83. The maximum Gasteiger partial charge on any atom is 0.407 e. The van der Waals surface area contributed by atoms with E-state index in [1.165, 1.54) is 18.2 Å². The Bertz CT molecular complexity index is 591. The van der Waals surface area contributed by atoms with E-state index >= 15 is 0 Å². The number of allylic oxidation sites excluding steroid dienone is 1. The summed E-state index contributed by atoms with van der Waals surface area (Å²) in [5.74, 6) is 0.409. The van der Waals surface area contributed by atoms with Crippen molar-refractivity contribution < 1.29 is 9.53 Å². The first-order valence-electron chi connectivity index (χ1n) is 7.61. The lowest BCUT2D eigenvalue weighted by atomic mass is 9.57. The van der Waals surface area contributed by atoms with Crippen LogP contribution in [0.4, 0.5) is 4.79 Å². The number of carbonyl (C=O) groups excluding carboxylic acids is 1. The van der Waals surface area contributed by atoms with Crippen LogP contribution in [0.2, 0.25) is 0 Å². The first-order valence-corrected chi connectivity index (χ1v) is 7.61. The van der Waals surface area contributed by atoms with Crippen molar-refractivity contribution in [3.05, 3.63) is 47.5 Å². The molecule has 0 aromatic heterocycles. The Hall–Kier alpha value is -1.77. The van der Waals surface area contributed by atoms with Gasteiger partial charge in [-0.3, -0.25) is 0 Å². The van der Waals surface area contributed by atoms with E-state index in [2.05, 4.69) is 55.6 Å². The second-order valence-corrected chi connectivity index (χ2v) is 6.83. The fraction of sp³-hybridized carbons (Fsp3) is 0.500. The molecule has 0 saturated carbocycles. The zero-order valence-corrected chi connectivity index (χ0v) is 13.0. The zero-order chi connectivity index (χ0) is 15.1. The molecule has 3 heteroatoms. The molecule has 3 rings (SSSR count). The maximum absolute atomic E-state index is 11.9. The molecule has 112 valence electrons. The van der Waals surface area contributed by atoms with Gasteiger partial charge in [-0.15, -0.1) is 0 Å². The number of carbonyl (C=O) groups is 1. The smallest absolute Gasteiger partial charge is 0.407 e. The molecule has 2 unspecified atom stereocenters. The van der Waals surface area contributed by atoms with Gasteiger partial charge in [-0.05, 0) is 41.7 Å². The number of amides is 1. The Balaban J connectivity index is 2.16. The van der Waals surface area contributed by atoms with E-state index in [1.54, 1.807) is 0 Å². The van der Waals surface area contributed by atoms with Crippen LogP contribution >= 0.6 is 0 Å². The van der Waals surface area contributed by atoms with E-state index in [1.807, 2.05) is 0 Å². The van der Waals surface area contributed by atoms with Crippen molar-refractivity contribution in [3.8, 4) is 0 Å². The number of alkyl carbamates (subject to hydrolysis) is 1. The lowest BCUT2D eigenvalue weighted by molar-refractivity contribution is 0.111. The van der Waals surface area contributed by atoms with Gasteiger partial charge in [0.1, 0.15) is 0 Å². The summed E-state index contributed by atoms with van der Waals surface area (Å²) < 4.78 is 4.89. The predicted molar refractivity (Wildman–Crippen MR) is 83.2 cm³/mol. The van der Waals surface area contributed by atoms with Gasteiger partial charge in [0, 0.05) is 0 Å². The van der Waals surface area contributed by atoms with Crippen LogP contribution < -0.4 is 5.32 Å². The minimum atomic E-state index is -0.343. The van der Waals surface area contributed by atoms with Crippen LogP contribution in [0, 0.1) is 5.92 Å². The Morgan fingerprint density at radius 3 is 2.67 bits per heavy atom. The molecule has 21 heavy (non-hydrogen) atoms. The van der Waals surface area contributed by atoms with Crippen LogP contribution in [0.15, 0.2) is 36.4 Å². The number of hydrogen-bond acceptors (Lipinski definition) is 2. The van der Waals surface area contributed by atoms with Crippen molar-refractivity contribution in [1.82, 2.24) is 5.32 Å². The lowest BCUT2D eigenvalue weighted by Gasteiger charge is -2.51. The summed E-state index contributed by atoms with van der Waals surface area (Å²) in [5, 5.41) is 3.17. The van der Waals surface area contributed by atoms with Crippen LogP contribution in [0.3, 0.4) is 0 Å². The average molecular weight is 285 g/mol. The summed E-state index contributed by atoms with van der Waals surface area (Å²) in [5.41, 5.74) is 2.40. The van der Waals surface area contributed by atoms with Crippen LogP contribution in [0.25, 0.3) is 0 Å². The van der Waals surface area contributed by atoms with Gasteiger partial charge in [-0.1, -0.05) is 50.3 Å². The molecular formula is C18H23NO2. The molecular weight excluding hydrogens is 262 g/mol. The Kier molecular flexibility index (Phi) is 3.31. The summed E-state index contributed by atoms with van der Waals surface area (Å²) in [6, 6.07) is 8.52. The van der Waals surface area contributed by atoms with E-state index in [0.717, 1.165) is 19.3 Å². The molecule has 0 fully saturated rings. The Labute approximate surface area is 126 Å². The molecule has 0 bridgehead atoms. The van der Waals surface area contributed by atoms with Gasteiger partial charge in [0.2, 0.25) is 0 Å². The van der Waals surface area contributed by atoms with Crippen molar-refractivity contribution >= 4 is 6.09 Å². The predicted octanol–water partition coefficient (Wildman–Crippen LogP) is 3.89. The molecule has 2 aliphatic rings. The Morgan fingerprint density at radius 2 is 1.95 bits per heavy atom. The van der Waals surface area contributed by atoms with Gasteiger partial charge in [0.15, 0.2) is 0 Å². The van der Waals surface area contributed by atoms with E-state index in [-0.39, 0.29) is 17.0 Å². The van der Waals surface area contributed by atoms with Crippen molar-refractivity contribution in [2.45, 2.75) is 44.1 Å². The summed E-state index contributed by atoms with van der Waals surface area (Å²) in [4.78, 5) is 11.9. The van der Waals surface area contributed by atoms with Crippen LogP contribution in [0.5, 0.6) is 0 Å². The number of fused-ring (bicyclic) bond motifs is 3. The van der Waals surface area contributed by atoms with E-state index in [4.69, 9.17) is 4.74 Å². The quantitative estimate of drug-likeness (QED) is 0.795. The summed E-state index contributed by atoms with van der Waals surface area (Å²) in [6.45, 7) is 4.60. The molecule has 1 aromatic carbocycles. The molecule has 0 spiro atoms. The first kappa shape index (κ1) is 14.2. The monoisotopic (exact) mass is 285 g/mol. The largest absolute Gasteiger partial charge is 0.453 e. The number of hydrogen-bond donors (Lipinski definition) is 1. The fourth-order valence-corrected chi connectivity index (χ4v) is 4.13. The van der Waals surface area contributed by atoms with E-state index in [9.17, 15) is 4.79 Å². The number of benzene rings is 1. The standard InChI is InChI=1S/C18H23NO2/c1-17(2)12-13-8-6-7-11-18(13,19-16(20)21-3)15-10-5-4-9-14(15)17/h4-7,9-10,13H,8,11-12H2,1-3H3,(H,19,20). The van der Waals surface area contributed by atoms with Crippen molar-refractivity contribution in [3.63, 3.8) is 0 Å². The number of methoxy groups -OCH3 is 1. The third-order valence-corrected chi connectivity index (χ3v) is 5.13. The minimum absolute atomic E-state index is 0.133. The Morgan fingerprint density at radius 1 is 1.24 bits per heavy atom. The van der Waals surface area contributed by atoms with E-state index in [0.29, 0.717) is 5.92 Å². The lowest BCUT2D eigenvalue weighted by Crippen LogP contribution is -2.56. The highest BCUT2D eigenvalue weighted by Gasteiger charge is 2.50. The van der Waals surface area contributed by atoms with Gasteiger partial charge in [-0.2, -0.15) is 0 Å². The summed E-state index contributed by atoms with van der Waals surface area (Å²) in [7, 11) is 1.43. The van der Waals surface area contributed by atoms with Crippen molar-refractivity contribution in [2.24, 2.45) is 5.92 Å². The molecule has 2 aliphatic carbocycles. The SMILES string of the molecule is COC(=O)NC12CC=CCC1CC(C)(C)c1ccccc12. The molecule has 0 saturated heterocycles. The van der Waals surface area contributed by atoms with E-state index < -0.39 is 0 Å². The molecule has 0 radical (unpaired) electrons. The van der Waals surface area contributed by atoms with Crippen LogP contribution in [-0.4, -0.2) is 13.2 Å². The number of rotatable bonds is 1. The summed E-state index contributed by atoms with van der Waals surface area (Å²) in [6.07, 6.45) is 6.98. The molecule has 0 heterocycles. The van der Waals surface area contributed by atoms with Crippen molar-refractivity contribution in [2.75, 3.05) is 7.11 Å². The molecule has 2 atom stereocenters. The highest BCUT2D eigenvalue weighted by atomic mass is 16.5. The minimum Gasteiger partial charge on any atom is -0.453 e. The third kappa shape index (κ3) is 2.15. The zero-order valence-electron chi connectivity index (χ0n) is 13.0. The molecule has 1 amide bonds. The average Bonchev–Trinajstić information content (AvgIpc) is 2.48. The topological polar surface area (TPSA) is 38.3 Å². The van der Waals surface area contributed by atoms with Gasteiger partial charge in [-0.25, -0.2) is 4.79 Å². The van der Waals surface area contributed by atoms with Crippen LogP contribution in [0.1, 0.15) is 44.2 Å². The highest BCUT2D eigenvalue weighted by Crippen LogP contribution is 2.52. The van der Waals surface area contributed by atoms with Gasteiger partial charge in [0.25, 0.3) is 0 Å². The first-order chi connectivity index (χ1) is 9.99. The summed E-state index contributed by atoms with van der Waals surface area (Å²) >= 11 is 0. The van der Waals surface area contributed by atoms with Gasteiger partial charge < -0.3 is 10.1 Å². The van der Waals surface area contributed by atoms with Gasteiger partial charge in [0.05, 0.1) is 12.6 Å². The van der Waals surface area contributed by atoms with Crippen LogP contribution in [-0.2, 0) is 15.7 Å². The fourth-order valence-electron chi connectivity index (χ4n) is 4.13. The molecule has 1 aromatic rings. The number of nitrogens with one attached hydrogen (secondary N) is 1. The van der Waals surface area contributed by atoms with Gasteiger partial charge >= 0.3 is 6.09 Å². The molecule has 1 N–H and O–H groups in total. The highest BCUT2D eigenvalue weighted by molar-refractivity contribution is 5.69. The molecule has 3 nitrogen and oxygen atoms in total. The van der Waals surface area contributed by atoms with Crippen molar-refractivity contribution in [1.29, 1.82) is 0 Å². The molecule has 0 aliphatic heterocycles. The second kappa shape index (κ2) is 4.90. The third-order valence-electron chi connectivity index (χ3n) is 5.13.